The number of benzene rings is 2. The number of ether oxygens (including phenoxy) is 3. The summed E-state index contributed by atoms with van der Waals surface area (Å²) in [7, 11) is 4.79. The fourth-order valence-electron chi connectivity index (χ4n) is 4.24. The highest BCUT2D eigenvalue weighted by atomic mass is 16.5. The maximum atomic E-state index is 13.0. The molecule has 4 rings (SSSR count). The molecule has 178 valence electrons. The quantitative estimate of drug-likeness (QED) is 0.580. The van der Waals surface area contributed by atoms with Gasteiger partial charge in [-0.2, -0.15) is 0 Å². The maximum Gasteiger partial charge on any atom is 0.261 e. The maximum absolute atomic E-state index is 13.0. The van der Waals surface area contributed by atoms with Crippen molar-refractivity contribution in [3.8, 4) is 28.5 Å². The second-order valence-corrected chi connectivity index (χ2v) is 8.04. The van der Waals surface area contributed by atoms with Crippen molar-refractivity contribution >= 4 is 5.91 Å². The molecule has 1 aliphatic heterocycles. The van der Waals surface area contributed by atoms with Gasteiger partial charge in [0.05, 0.1) is 21.3 Å². The van der Waals surface area contributed by atoms with E-state index in [-0.39, 0.29) is 17.0 Å². The van der Waals surface area contributed by atoms with E-state index in [0.717, 1.165) is 11.1 Å². The van der Waals surface area contributed by atoms with Crippen LogP contribution in [0.4, 0.5) is 0 Å². The lowest BCUT2D eigenvalue weighted by Gasteiger charge is -2.35. The number of rotatable bonds is 7. The van der Waals surface area contributed by atoms with E-state index in [2.05, 4.69) is 9.88 Å². The molecule has 2 aromatic carbocycles. The van der Waals surface area contributed by atoms with Gasteiger partial charge >= 0.3 is 0 Å². The molecule has 34 heavy (non-hydrogen) atoms. The van der Waals surface area contributed by atoms with Crippen molar-refractivity contribution in [2.75, 3.05) is 47.5 Å². The number of nitrogens with zero attached hydrogens (tertiary/aromatic N) is 2. The third-order valence-electron chi connectivity index (χ3n) is 6.06. The molecule has 1 N–H and O–H groups in total. The Kier molecular flexibility index (Phi) is 7.18. The number of hydrogen-bond acceptors (Lipinski definition) is 6. The molecule has 0 saturated carbocycles. The highest BCUT2D eigenvalue weighted by Gasteiger charge is 2.25. The summed E-state index contributed by atoms with van der Waals surface area (Å²) in [6, 6.07) is 16.8. The number of hydrogen-bond donors (Lipinski definition) is 1. The van der Waals surface area contributed by atoms with Gasteiger partial charge in [-0.3, -0.25) is 14.5 Å². The number of nitrogens with one attached hydrogen (secondary N) is 1. The van der Waals surface area contributed by atoms with Crippen molar-refractivity contribution in [1.29, 1.82) is 0 Å². The summed E-state index contributed by atoms with van der Waals surface area (Å²) in [6.07, 6.45) is 0. The summed E-state index contributed by atoms with van der Waals surface area (Å²) in [6.45, 7) is 3.09. The Bertz CT molecular complexity index is 1200. The van der Waals surface area contributed by atoms with Crippen molar-refractivity contribution in [2.45, 2.75) is 6.54 Å². The van der Waals surface area contributed by atoms with Crippen molar-refractivity contribution in [3.63, 3.8) is 0 Å². The zero-order chi connectivity index (χ0) is 24.1. The van der Waals surface area contributed by atoms with Gasteiger partial charge in [-0.05, 0) is 23.8 Å². The first-order valence-corrected chi connectivity index (χ1v) is 11.1. The number of aromatic amines is 1. The molecule has 1 aliphatic rings. The van der Waals surface area contributed by atoms with Crippen LogP contribution in [-0.2, 0) is 6.54 Å². The highest BCUT2D eigenvalue weighted by Crippen LogP contribution is 2.40. The molecular weight excluding hydrogens is 434 g/mol. The third-order valence-corrected chi connectivity index (χ3v) is 6.06. The number of aromatic nitrogens is 1. The zero-order valence-electron chi connectivity index (χ0n) is 19.7. The van der Waals surface area contributed by atoms with Crippen LogP contribution in [0.15, 0.2) is 59.4 Å². The Hall–Kier alpha value is -3.78. The summed E-state index contributed by atoms with van der Waals surface area (Å²) in [4.78, 5) is 32.5. The Morgan fingerprint density at radius 1 is 0.853 bits per heavy atom. The van der Waals surface area contributed by atoms with Crippen LogP contribution < -0.4 is 19.8 Å². The van der Waals surface area contributed by atoms with E-state index < -0.39 is 0 Å². The predicted octanol–water partition coefficient (Wildman–Crippen LogP) is 3.03. The number of H-pyrrole nitrogens is 1. The Labute approximate surface area is 198 Å². The number of carbonyl (C=O) groups excluding carboxylic acids is 1. The van der Waals surface area contributed by atoms with Gasteiger partial charge in [0.15, 0.2) is 11.5 Å². The fourth-order valence-corrected chi connectivity index (χ4v) is 4.24. The number of pyridine rings is 1. The molecule has 1 saturated heterocycles. The topological polar surface area (TPSA) is 84.1 Å². The number of methoxy groups -OCH3 is 3. The van der Waals surface area contributed by atoms with E-state index in [1.54, 1.807) is 38.4 Å². The molecule has 1 aromatic heterocycles. The normalized spacial score (nSPS) is 14.0. The van der Waals surface area contributed by atoms with Crippen molar-refractivity contribution < 1.29 is 19.0 Å². The van der Waals surface area contributed by atoms with Crippen LogP contribution in [0.2, 0.25) is 0 Å². The molecule has 3 aromatic rings. The van der Waals surface area contributed by atoms with Gasteiger partial charge in [0.1, 0.15) is 5.56 Å². The van der Waals surface area contributed by atoms with Gasteiger partial charge < -0.3 is 24.1 Å². The second-order valence-electron chi connectivity index (χ2n) is 8.04. The second kappa shape index (κ2) is 10.4. The molecule has 0 unspecified atom stereocenters. The molecule has 8 nitrogen and oxygen atoms in total. The zero-order valence-corrected chi connectivity index (χ0v) is 19.7. The number of carbonyl (C=O) groups is 1. The predicted molar refractivity (Wildman–Crippen MR) is 130 cm³/mol. The van der Waals surface area contributed by atoms with E-state index in [1.165, 1.54) is 0 Å². The van der Waals surface area contributed by atoms with Gasteiger partial charge in [0.25, 0.3) is 11.5 Å². The fraction of sp³-hybridized carbons (Fsp3) is 0.308. The lowest BCUT2D eigenvalue weighted by atomic mass is 10.1. The van der Waals surface area contributed by atoms with E-state index in [9.17, 15) is 9.59 Å². The first kappa shape index (κ1) is 23.4. The average molecular weight is 464 g/mol. The van der Waals surface area contributed by atoms with Crippen molar-refractivity contribution in [2.24, 2.45) is 0 Å². The molecule has 0 spiro atoms. The van der Waals surface area contributed by atoms with Gasteiger partial charge in [-0.1, -0.05) is 36.4 Å². The molecule has 0 radical (unpaired) electrons. The third kappa shape index (κ3) is 4.77. The van der Waals surface area contributed by atoms with Crippen LogP contribution in [0.25, 0.3) is 11.3 Å². The SMILES string of the molecule is COc1ccc(CN2CCN(C(=O)c3ccc(-c4ccccc4)[nH]c3=O)CC2)c(OC)c1OC. The first-order chi connectivity index (χ1) is 16.5. The van der Waals surface area contributed by atoms with Crippen LogP contribution in [-0.4, -0.2) is 68.2 Å². The molecule has 0 atom stereocenters. The Morgan fingerprint density at radius 3 is 2.18 bits per heavy atom. The Morgan fingerprint density at radius 2 is 1.56 bits per heavy atom. The largest absolute Gasteiger partial charge is 0.493 e. The summed E-state index contributed by atoms with van der Waals surface area (Å²) in [5.41, 5.74) is 2.36. The Balaban J connectivity index is 1.42. The molecule has 1 fully saturated rings. The standard InChI is InChI=1S/C26H29N3O5/c1-32-22-12-9-19(23(33-2)24(22)34-3)17-28-13-15-29(16-14-28)26(31)20-10-11-21(27-25(20)30)18-7-5-4-6-8-18/h4-12H,13-17H2,1-3H3,(H,27,30). The van der Waals surface area contributed by atoms with E-state index >= 15 is 0 Å². The first-order valence-electron chi connectivity index (χ1n) is 11.1. The van der Waals surface area contributed by atoms with Crippen LogP contribution in [0, 0.1) is 0 Å². The molecular formula is C26H29N3O5. The summed E-state index contributed by atoms with van der Waals surface area (Å²) >= 11 is 0. The summed E-state index contributed by atoms with van der Waals surface area (Å²) in [5, 5.41) is 0. The van der Waals surface area contributed by atoms with E-state index in [4.69, 9.17) is 14.2 Å². The minimum Gasteiger partial charge on any atom is -0.493 e. The summed E-state index contributed by atoms with van der Waals surface area (Å²) < 4.78 is 16.4. The van der Waals surface area contributed by atoms with Gasteiger partial charge in [0.2, 0.25) is 5.75 Å². The smallest absolute Gasteiger partial charge is 0.261 e. The molecule has 2 heterocycles. The molecule has 0 bridgehead atoms. The van der Waals surface area contributed by atoms with Crippen LogP contribution >= 0.6 is 0 Å². The highest BCUT2D eigenvalue weighted by molar-refractivity contribution is 5.94. The average Bonchev–Trinajstić information content (AvgIpc) is 2.88. The molecule has 1 amide bonds. The van der Waals surface area contributed by atoms with Crippen LogP contribution in [0.1, 0.15) is 15.9 Å². The van der Waals surface area contributed by atoms with Crippen molar-refractivity contribution in [3.05, 3.63) is 76.1 Å². The lowest BCUT2D eigenvalue weighted by Crippen LogP contribution is -2.49. The van der Waals surface area contributed by atoms with Crippen molar-refractivity contribution in [1.82, 2.24) is 14.8 Å². The van der Waals surface area contributed by atoms with Crippen LogP contribution in [0.3, 0.4) is 0 Å². The summed E-state index contributed by atoms with van der Waals surface area (Å²) in [5.74, 6) is 1.58. The molecule has 0 aliphatic carbocycles. The number of piperazine rings is 1. The minimum atomic E-state index is -0.371. The monoisotopic (exact) mass is 463 g/mol. The minimum absolute atomic E-state index is 0.162. The lowest BCUT2D eigenvalue weighted by molar-refractivity contribution is 0.0625. The van der Waals surface area contributed by atoms with Gasteiger partial charge in [-0.15, -0.1) is 0 Å². The van der Waals surface area contributed by atoms with Gasteiger partial charge in [0, 0.05) is 44.0 Å². The van der Waals surface area contributed by atoms with Crippen LogP contribution in [0.5, 0.6) is 17.2 Å². The van der Waals surface area contributed by atoms with E-state index in [0.29, 0.717) is 55.7 Å². The van der Waals surface area contributed by atoms with E-state index in [1.807, 2.05) is 42.5 Å². The number of amides is 1. The molecule has 8 heteroatoms. The van der Waals surface area contributed by atoms with Gasteiger partial charge in [-0.25, -0.2) is 0 Å².